The molecule has 0 saturated heterocycles. The topological polar surface area (TPSA) is 71.5 Å². The minimum atomic E-state index is -1.35. The Morgan fingerprint density at radius 1 is 0.756 bits per heavy atom. The highest BCUT2D eigenvalue weighted by molar-refractivity contribution is 5.95. The summed E-state index contributed by atoms with van der Waals surface area (Å²) in [6, 6.07) is 38.8. The first-order valence-corrected chi connectivity index (χ1v) is 13.6. The fourth-order valence-corrected chi connectivity index (χ4v) is 5.23. The molecule has 0 saturated carbocycles. The number of rotatable bonds is 9. The first-order valence-electron chi connectivity index (χ1n) is 13.6. The highest BCUT2D eigenvalue weighted by Gasteiger charge is 2.17. The van der Waals surface area contributed by atoms with Crippen LogP contribution < -0.4 is 9.47 Å². The van der Waals surface area contributed by atoms with E-state index in [1.807, 2.05) is 66.7 Å². The molecule has 0 spiro atoms. The van der Waals surface area contributed by atoms with Crippen LogP contribution >= 0.6 is 0 Å². The summed E-state index contributed by atoms with van der Waals surface area (Å²) in [6.07, 6.45) is 4.05. The number of para-hydroxylation sites is 1. The molecule has 5 aromatic carbocycles. The number of aromatic nitrogens is 1. The molecule has 6 rings (SSSR count). The Morgan fingerprint density at radius 2 is 1.49 bits per heavy atom. The van der Waals surface area contributed by atoms with Gasteiger partial charge in [-0.15, -0.1) is 0 Å². The van der Waals surface area contributed by atoms with E-state index >= 15 is 0 Å². The van der Waals surface area contributed by atoms with E-state index in [0.29, 0.717) is 19.4 Å². The summed E-state index contributed by atoms with van der Waals surface area (Å²) in [4.78, 5) is 14.7. The molecule has 0 aliphatic carbocycles. The van der Waals surface area contributed by atoms with Gasteiger partial charge in [0.15, 0.2) is 0 Å². The average molecular weight is 540 g/mol. The molecule has 6 aromatic rings. The third kappa shape index (κ3) is 5.85. The summed E-state index contributed by atoms with van der Waals surface area (Å²) >= 11 is 0. The molecule has 0 amide bonds. The first-order chi connectivity index (χ1) is 20.2. The Kier molecular flexibility index (Phi) is 7.50. The smallest absolute Gasteiger partial charge is 0.493 e. The van der Waals surface area contributed by atoms with E-state index in [4.69, 9.17) is 9.47 Å². The molecule has 0 atom stereocenters. The quantitative estimate of drug-likeness (QED) is 0.109. The number of nitrogens with one attached hydrogen (secondary N) is 1. The zero-order chi connectivity index (χ0) is 28.0. The maximum absolute atomic E-state index is 11.5. The number of H-pyrrole nitrogens is 1. The second-order valence-electron chi connectivity index (χ2n) is 9.82. The number of hydrogen-bond acceptors (Lipinski definition) is 3. The van der Waals surface area contributed by atoms with Crippen LogP contribution in [0.3, 0.4) is 0 Å². The normalized spacial score (nSPS) is 11.3. The number of benzene rings is 5. The van der Waals surface area contributed by atoms with Gasteiger partial charge in [0.05, 0.1) is 12.1 Å². The van der Waals surface area contributed by atoms with Gasteiger partial charge in [-0.1, -0.05) is 115 Å². The number of carboxylic acid groups (broad SMARTS) is 1. The Labute approximate surface area is 238 Å². The highest BCUT2D eigenvalue weighted by atomic mass is 16.7. The molecule has 41 heavy (non-hydrogen) atoms. The number of fused-ring (bicyclic) bond motifs is 2. The van der Waals surface area contributed by atoms with Gasteiger partial charge in [0.2, 0.25) is 5.88 Å². The third-order valence-electron chi connectivity index (χ3n) is 7.15. The van der Waals surface area contributed by atoms with Crippen LogP contribution in [-0.4, -0.2) is 22.9 Å². The van der Waals surface area contributed by atoms with Gasteiger partial charge in [-0.2, -0.15) is 0 Å². The van der Waals surface area contributed by atoms with E-state index in [1.165, 1.54) is 5.56 Å². The number of hydrogen-bond donors (Lipinski definition) is 2. The monoisotopic (exact) mass is 539 g/mol. The highest BCUT2D eigenvalue weighted by Crippen LogP contribution is 2.33. The van der Waals surface area contributed by atoms with Crippen LogP contribution in [-0.2, 0) is 6.42 Å². The second-order valence-corrected chi connectivity index (χ2v) is 9.82. The number of aromatic amines is 1. The van der Waals surface area contributed by atoms with E-state index < -0.39 is 6.16 Å². The van der Waals surface area contributed by atoms with Crippen LogP contribution in [0, 0.1) is 0 Å². The van der Waals surface area contributed by atoms with Crippen molar-refractivity contribution in [1.29, 1.82) is 0 Å². The van der Waals surface area contributed by atoms with Crippen LogP contribution in [0.4, 0.5) is 4.79 Å². The zero-order valence-corrected chi connectivity index (χ0v) is 22.4. The molecule has 0 unspecified atom stereocenters. The lowest BCUT2D eigenvalue weighted by atomic mass is 10.0. The van der Waals surface area contributed by atoms with Crippen molar-refractivity contribution < 1.29 is 19.4 Å². The van der Waals surface area contributed by atoms with Gasteiger partial charge in [0.25, 0.3) is 0 Å². The summed E-state index contributed by atoms with van der Waals surface area (Å²) in [6.45, 7) is 0.491. The van der Waals surface area contributed by atoms with Crippen LogP contribution in [0.25, 0.3) is 45.0 Å². The van der Waals surface area contributed by atoms with E-state index in [1.54, 1.807) is 0 Å². The van der Waals surface area contributed by atoms with Crippen LogP contribution in [0.15, 0.2) is 115 Å². The number of carbonyl (C=O) groups is 1. The lowest BCUT2D eigenvalue weighted by Gasteiger charge is -2.09. The molecular weight excluding hydrogens is 510 g/mol. The molecule has 5 nitrogen and oxygen atoms in total. The number of ether oxygens (including phenoxy) is 2. The van der Waals surface area contributed by atoms with E-state index in [9.17, 15) is 9.90 Å². The summed E-state index contributed by atoms with van der Waals surface area (Å²) in [5, 5.41) is 12.5. The maximum Gasteiger partial charge on any atom is 0.512 e. The Balaban J connectivity index is 1.23. The van der Waals surface area contributed by atoms with Crippen molar-refractivity contribution in [1.82, 2.24) is 4.98 Å². The van der Waals surface area contributed by atoms with Crippen LogP contribution in [0.5, 0.6) is 11.6 Å². The minimum absolute atomic E-state index is 0.254. The van der Waals surface area contributed by atoms with Crippen molar-refractivity contribution in [3.63, 3.8) is 0 Å². The van der Waals surface area contributed by atoms with Crippen molar-refractivity contribution in [2.45, 2.75) is 12.8 Å². The number of aryl methyl sites for hydroxylation is 1. The zero-order valence-electron chi connectivity index (χ0n) is 22.4. The molecule has 0 fully saturated rings. The predicted octanol–water partition coefficient (Wildman–Crippen LogP) is 9.23. The average Bonchev–Trinajstić information content (AvgIpc) is 3.35. The Morgan fingerprint density at radius 3 is 2.37 bits per heavy atom. The van der Waals surface area contributed by atoms with Crippen molar-refractivity contribution in [3.05, 3.63) is 132 Å². The van der Waals surface area contributed by atoms with Crippen molar-refractivity contribution in [2.24, 2.45) is 0 Å². The summed E-state index contributed by atoms with van der Waals surface area (Å²) in [7, 11) is 0. The standard InChI is InChI=1S/C36H29NO4/c38-36(39)41-35-32(19-9-23-40-33-20-8-14-27-13-4-5-17-30(27)33)31-18-7-15-28(34(31)37-35)22-21-25-10-6-16-29(24-25)26-11-2-1-3-12-26/h1-8,10-18,20-22,24,37H,9,19,23H2,(H,38,39)/b22-21+. The maximum atomic E-state index is 11.5. The molecule has 0 bridgehead atoms. The van der Waals surface area contributed by atoms with E-state index in [-0.39, 0.29) is 5.88 Å². The van der Waals surface area contributed by atoms with Gasteiger partial charge in [-0.3, -0.25) is 0 Å². The van der Waals surface area contributed by atoms with Gasteiger partial charge >= 0.3 is 6.16 Å². The molecule has 2 N–H and O–H groups in total. The summed E-state index contributed by atoms with van der Waals surface area (Å²) in [5.41, 5.74) is 5.99. The second kappa shape index (κ2) is 11.8. The van der Waals surface area contributed by atoms with Crippen molar-refractivity contribution in [2.75, 3.05) is 6.61 Å². The predicted molar refractivity (Wildman–Crippen MR) is 166 cm³/mol. The summed E-state index contributed by atoms with van der Waals surface area (Å²) in [5.74, 6) is 1.09. The van der Waals surface area contributed by atoms with Gasteiger partial charge < -0.3 is 19.6 Å². The molecular formula is C36H29NO4. The van der Waals surface area contributed by atoms with Gasteiger partial charge in [-0.05, 0) is 52.6 Å². The molecule has 1 heterocycles. The van der Waals surface area contributed by atoms with E-state index in [2.05, 4.69) is 65.7 Å². The van der Waals surface area contributed by atoms with Gasteiger partial charge in [0, 0.05) is 16.3 Å². The van der Waals surface area contributed by atoms with Crippen molar-refractivity contribution in [3.8, 4) is 22.8 Å². The SMILES string of the molecule is O=C(O)Oc1[nH]c2c(/C=C/c3cccc(-c4ccccc4)c3)cccc2c1CCCOc1cccc2ccccc12. The van der Waals surface area contributed by atoms with Gasteiger partial charge in [-0.25, -0.2) is 4.79 Å². The third-order valence-corrected chi connectivity index (χ3v) is 7.15. The molecule has 5 heteroatoms. The lowest BCUT2D eigenvalue weighted by Crippen LogP contribution is -2.06. The largest absolute Gasteiger partial charge is 0.512 e. The first kappa shape index (κ1) is 26.0. The van der Waals surface area contributed by atoms with Crippen LogP contribution in [0.2, 0.25) is 0 Å². The fraction of sp³-hybridized carbons (Fsp3) is 0.0833. The summed E-state index contributed by atoms with van der Waals surface area (Å²) < 4.78 is 11.3. The molecule has 0 radical (unpaired) electrons. The van der Waals surface area contributed by atoms with E-state index in [0.717, 1.165) is 49.7 Å². The Bertz CT molecular complexity index is 1850. The Hall–Kier alpha value is -5.29. The molecule has 0 aliphatic heterocycles. The minimum Gasteiger partial charge on any atom is -0.493 e. The lowest BCUT2D eigenvalue weighted by molar-refractivity contribution is 0.142. The molecule has 0 aliphatic rings. The molecule has 1 aromatic heterocycles. The van der Waals surface area contributed by atoms with Crippen molar-refractivity contribution >= 4 is 40.0 Å². The van der Waals surface area contributed by atoms with Gasteiger partial charge in [0.1, 0.15) is 5.75 Å². The molecule has 202 valence electrons. The fourth-order valence-electron chi connectivity index (χ4n) is 5.23. The van der Waals surface area contributed by atoms with Crippen LogP contribution in [0.1, 0.15) is 23.1 Å².